The number of amides is 1. The molecular weight excluding hydrogens is 391 g/mol. The second kappa shape index (κ2) is 7.83. The van der Waals surface area contributed by atoms with E-state index in [4.69, 9.17) is 23.2 Å². The average Bonchev–Trinajstić information content (AvgIpc) is 3.07. The van der Waals surface area contributed by atoms with Gasteiger partial charge in [0.25, 0.3) is 0 Å². The van der Waals surface area contributed by atoms with Gasteiger partial charge in [0.05, 0.1) is 27.1 Å². The van der Waals surface area contributed by atoms with E-state index in [-0.39, 0.29) is 22.5 Å². The number of hydrogen-bond acceptors (Lipinski definition) is 5. The minimum atomic E-state index is -0.269. The van der Waals surface area contributed by atoms with Gasteiger partial charge in [-0.25, -0.2) is 9.97 Å². The van der Waals surface area contributed by atoms with Crippen molar-refractivity contribution in [1.82, 2.24) is 9.97 Å². The van der Waals surface area contributed by atoms with Gasteiger partial charge in [0.2, 0.25) is 5.91 Å². The predicted octanol–water partition coefficient (Wildman–Crippen LogP) is 4.49. The second-order valence-corrected chi connectivity index (χ2v) is 7.81. The molecule has 1 N–H and O–H groups in total. The third kappa shape index (κ3) is 3.80. The van der Waals surface area contributed by atoms with Crippen molar-refractivity contribution in [2.75, 3.05) is 11.1 Å². The Labute approximate surface area is 166 Å². The largest absolute Gasteiger partial charge is 0.309 e. The quantitative estimate of drug-likeness (QED) is 0.756. The van der Waals surface area contributed by atoms with Crippen molar-refractivity contribution in [3.8, 4) is 6.07 Å². The number of carbonyl (C=O) groups excluding carboxylic acids is 1. The summed E-state index contributed by atoms with van der Waals surface area (Å²) in [4.78, 5) is 21.1. The van der Waals surface area contributed by atoms with E-state index in [1.54, 1.807) is 13.0 Å². The number of halogens is 2. The van der Waals surface area contributed by atoms with Gasteiger partial charge in [-0.2, -0.15) is 5.26 Å². The molecule has 0 radical (unpaired) electrons. The van der Waals surface area contributed by atoms with E-state index < -0.39 is 0 Å². The molecule has 0 fully saturated rings. The SMILES string of the molecule is Cc1nc(NC(=O)CSc2nc3c(c(C)c2C#N)CCC3)c(Cl)cc1Cl. The summed E-state index contributed by atoms with van der Waals surface area (Å²) in [5.41, 5.74) is 4.35. The lowest BCUT2D eigenvalue weighted by atomic mass is 10.0. The van der Waals surface area contributed by atoms with Gasteiger partial charge >= 0.3 is 0 Å². The Morgan fingerprint density at radius 1 is 1.31 bits per heavy atom. The standard InChI is InChI=1S/C18H16Cl2N4OS/c1-9-11-4-3-5-15(11)23-18(12(9)7-21)26-8-16(25)24-17-14(20)6-13(19)10(2)22-17/h6H,3-5,8H2,1-2H3,(H,22,24,25). The Balaban J connectivity index is 1.74. The normalized spacial score (nSPS) is 12.6. The third-order valence-corrected chi connectivity index (χ3v) is 5.93. The highest BCUT2D eigenvalue weighted by Crippen LogP contribution is 2.32. The molecule has 0 aromatic carbocycles. The van der Waals surface area contributed by atoms with Crippen LogP contribution in [0.25, 0.3) is 0 Å². The lowest BCUT2D eigenvalue weighted by Crippen LogP contribution is -2.16. The van der Waals surface area contributed by atoms with Gasteiger partial charge in [-0.3, -0.25) is 4.79 Å². The molecule has 26 heavy (non-hydrogen) atoms. The van der Waals surface area contributed by atoms with Crippen LogP contribution in [0.2, 0.25) is 10.0 Å². The number of anilines is 1. The molecule has 0 saturated heterocycles. The molecule has 1 aliphatic carbocycles. The van der Waals surface area contributed by atoms with Crippen LogP contribution in [-0.2, 0) is 17.6 Å². The first-order valence-electron chi connectivity index (χ1n) is 8.08. The van der Waals surface area contributed by atoms with Crippen molar-refractivity contribution in [2.24, 2.45) is 0 Å². The van der Waals surface area contributed by atoms with Crippen LogP contribution in [0, 0.1) is 25.2 Å². The molecule has 0 spiro atoms. The number of carbonyl (C=O) groups is 1. The average molecular weight is 407 g/mol. The van der Waals surface area contributed by atoms with Crippen LogP contribution in [0.15, 0.2) is 11.1 Å². The number of aryl methyl sites for hydroxylation is 2. The topological polar surface area (TPSA) is 78.7 Å². The van der Waals surface area contributed by atoms with Gasteiger partial charge in [-0.1, -0.05) is 35.0 Å². The molecule has 0 saturated carbocycles. The van der Waals surface area contributed by atoms with Crippen LogP contribution < -0.4 is 5.32 Å². The van der Waals surface area contributed by atoms with Crippen molar-refractivity contribution in [1.29, 1.82) is 5.26 Å². The lowest BCUT2D eigenvalue weighted by molar-refractivity contribution is -0.113. The number of thioether (sulfide) groups is 1. The van der Waals surface area contributed by atoms with Crippen LogP contribution >= 0.6 is 35.0 Å². The number of aromatic nitrogens is 2. The maximum absolute atomic E-state index is 12.3. The van der Waals surface area contributed by atoms with Gasteiger partial charge < -0.3 is 5.32 Å². The molecule has 0 bridgehead atoms. The monoisotopic (exact) mass is 406 g/mol. The zero-order valence-electron chi connectivity index (χ0n) is 14.3. The Morgan fingerprint density at radius 2 is 2.08 bits per heavy atom. The molecule has 0 atom stereocenters. The molecular formula is C18H16Cl2N4OS. The third-order valence-electron chi connectivity index (χ3n) is 4.28. The molecule has 0 aliphatic heterocycles. The van der Waals surface area contributed by atoms with E-state index >= 15 is 0 Å². The fourth-order valence-corrected chi connectivity index (χ4v) is 4.19. The molecule has 1 aliphatic rings. The number of nitriles is 1. The zero-order chi connectivity index (χ0) is 18.8. The van der Waals surface area contributed by atoms with Gasteiger partial charge in [0.15, 0.2) is 5.82 Å². The van der Waals surface area contributed by atoms with Gasteiger partial charge in [0.1, 0.15) is 11.1 Å². The fourth-order valence-electron chi connectivity index (χ4n) is 2.93. The number of hydrogen-bond donors (Lipinski definition) is 1. The lowest BCUT2D eigenvalue weighted by Gasteiger charge is -2.11. The number of nitrogens with zero attached hydrogens (tertiary/aromatic N) is 3. The summed E-state index contributed by atoms with van der Waals surface area (Å²) in [6.07, 6.45) is 2.95. The minimum Gasteiger partial charge on any atom is -0.309 e. The smallest absolute Gasteiger partial charge is 0.235 e. The first kappa shape index (κ1) is 19.0. The molecule has 8 heteroatoms. The summed E-state index contributed by atoms with van der Waals surface area (Å²) in [6.45, 7) is 3.69. The zero-order valence-corrected chi connectivity index (χ0v) is 16.6. The highest BCUT2D eigenvalue weighted by molar-refractivity contribution is 8.00. The van der Waals surface area contributed by atoms with Crippen molar-refractivity contribution >= 4 is 46.7 Å². The number of fused-ring (bicyclic) bond motifs is 1. The maximum Gasteiger partial charge on any atom is 0.235 e. The van der Waals surface area contributed by atoms with E-state index in [1.165, 1.54) is 17.3 Å². The highest BCUT2D eigenvalue weighted by Gasteiger charge is 2.21. The van der Waals surface area contributed by atoms with Crippen LogP contribution in [0.4, 0.5) is 5.82 Å². The summed E-state index contributed by atoms with van der Waals surface area (Å²) in [7, 11) is 0. The summed E-state index contributed by atoms with van der Waals surface area (Å²) in [5.74, 6) is 0.118. The van der Waals surface area contributed by atoms with Crippen LogP contribution in [0.5, 0.6) is 0 Å². The maximum atomic E-state index is 12.3. The van der Waals surface area contributed by atoms with Gasteiger partial charge in [-0.05, 0) is 50.3 Å². The summed E-state index contributed by atoms with van der Waals surface area (Å²) in [6, 6.07) is 3.78. The minimum absolute atomic E-state index is 0.111. The summed E-state index contributed by atoms with van der Waals surface area (Å²) < 4.78 is 0. The molecule has 3 rings (SSSR count). The van der Waals surface area contributed by atoms with Crippen molar-refractivity contribution in [2.45, 2.75) is 38.1 Å². The first-order chi connectivity index (χ1) is 12.4. The fraction of sp³-hybridized carbons (Fsp3) is 0.333. The molecule has 0 unspecified atom stereocenters. The Morgan fingerprint density at radius 3 is 2.81 bits per heavy atom. The van der Waals surface area contributed by atoms with E-state index in [0.717, 1.165) is 30.5 Å². The van der Waals surface area contributed by atoms with Crippen LogP contribution in [-0.4, -0.2) is 21.6 Å². The predicted molar refractivity (Wildman–Crippen MR) is 104 cm³/mol. The Kier molecular flexibility index (Phi) is 5.71. The number of rotatable bonds is 4. The van der Waals surface area contributed by atoms with E-state index in [2.05, 4.69) is 21.4 Å². The van der Waals surface area contributed by atoms with Crippen molar-refractivity contribution < 1.29 is 4.79 Å². The molecule has 2 heterocycles. The first-order valence-corrected chi connectivity index (χ1v) is 9.82. The number of pyridine rings is 2. The molecule has 1 amide bonds. The summed E-state index contributed by atoms with van der Waals surface area (Å²) >= 11 is 13.3. The van der Waals surface area contributed by atoms with Gasteiger partial charge in [-0.15, -0.1) is 0 Å². The van der Waals surface area contributed by atoms with Crippen LogP contribution in [0.3, 0.4) is 0 Å². The molecule has 2 aromatic heterocycles. The van der Waals surface area contributed by atoms with E-state index in [1.807, 2.05) is 6.92 Å². The highest BCUT2D eigenvalue weighted by atomic mass is 35.5. The molecule has 5 nitrogen and oxygen atoms in total. The molecule has 2 aromatic rings. The van der Waals surface area contributed by atoms with E-state index in [9.17, 15) is 10.1 Å². The van der Waals surface area contributed by atoms with Crippen LogP contribution in [0.1, 0.15) is 34.5 Å². The summed E-state index contributed by atoms with van der Waals surface area (Å²) in [5, 5.41) is 13.5. The van der Waals surface area contributed by atoms with E-state index in [0.29, 0.717) is 21.3 Å². The molecule has 134 valence electrons. The van der Waals surface area contributed by atoms with Crippen molar-refractivity contribution in [3.63, 3.8) is 0 Å². The Hall–Kier alpha value is -1.81. The van der Waals surface area contributed by atoms with Gasteiger partial charge in [0, 0.05) is 5.69 Å². The number of nitrogens with one attached hydrogen (secondary N) is 1. The second-order valence-electron chi connectivity index (χ2n) is 6.03. The van der Waals surface area contributed by atoms with Crippen molar-refractivity contribution in [3.05, 3.63) is 44.2 Å². The Bertz CT molecular complexity index is 940.